The van der Waals surface area contributed by atoms with Crippen LogP contribution in [0.5, 0.6) is 11.5 Å². The number of rotatable bonds is 9. The Hall–Kier alpha value is -2.08. The molecule has 0 heterocycles. The second-order valence-electron chi connectivity index (χ2n) is 6.41. The highest BCUT2D eigenvalue weighted by molar-refractivity contribution is 9.10. The van der Waals surface area contributed by atoms with Gasteiger partial charge in [-0.2, -0.15) is 0 Å². The molecule has 29 heavy (non-hydrogen) atoms. The molecular weight excluding hydrogens is 457 g/mol. The molecule has 0 saturated carbocycles. The first-order chi connectivity index (χ1) is 13.7. The van der Waals surface area contributed by atoms with Crippen molar-refractivity contribution < 1.29 is 13.9 Å². The minimum absolute atomic E-state index is 0. The first-order valence-electron chi connectivity index (χ1n) is 9.14. The van der Waals surface area contributed by atoms with Gasteiger partial charge in [-0.05, 0) is 54.9 Å². The van der Waals surface area contributed by atoms with Crippen molar-refractivity contribution in [3.8, 4) is 11.5 Å². The highest BCUT2D eigenvalue weighted by Crippen LogP contribution is 2.24. The van der Waals surface area contributed by atoms with E-state index in [1.165, 1.54) is 11.6 Å². The fraction of sp³-hybridized carbons (Fsp3) is 0.217. The Balaban J connectivity index is 0.00000300. The first-order valence-corrected chi connectivity index (χ1v) is 9.93. The SMILES string of the molecule is COc1ccc(CCNCc2cc(Br)ccc2OCc2ccccc2F)cc1.Cl. The lowest BCUT2D eigenvalue weighted by Gasteiger charge is -2.13. The van der Waals surface area contributed by atoms with Crippen molar-refractivity contribution in [1.82, 2.24) is 5.32 Å². The minimum Gasteiger partial charge on any atom is -0.497 e. The van der Waals surface area contributed by atoms with Crippen LogP contribution >= 0.6 is 28.3 Å². The van der Waals surface area contributed by atoms with E-state index in [1.54, 1.807) is 19.2 Å². The summed E-state index contributed by atoms with van der Waals surface area (Å²) in [4.78, 5) is 0. The normalized spacial score (nSPS) is 10.3. The van der Waals surface area contributed by atoms with Crippen molar-refractivity contribution in [2.45, 2.75) is 19.6 Å². The Morgan fingerprint density at radius 2 is 1.72 bits per heavy atom. The zero-order chi connectivity index (χ0) is 19.8. The van der Waals surface area contributed by atoms with Crippen LogP contribution in [-0.4, -0.2) is 13.7 Å². The first kappa shape index (κ1) is 23.2. The van der Waals surface area contributed by atoms with E-state index in [4.69, 9.17) is 9.47 Å². The van der Waals surface area contributed by atoms with Gasteiger partial charge in [0.25, 0.3) is 0 Å². The molecule has 154 valence electrons. The number of nitrogens with one attached hydrogen (secondary N) is 1. The molecule has 0 aliphatic carbocycles. The lowest BCUT2D eigenvalue weighted by molar-refractivity contribution is 0.296. The second-order valence-corrected chi connectivity index (χ2v) is 7.32. The van der Waals surface area contributed by atoms with E-state index in [-0.39, 0.29) is 24.8 Å². The molecule has 0 aliphatic heterocycles. The molecule has 3 aromatic rings. The molecule has 0 atom stereocenters. The van der Waals surface area contributed by atoms with E-state index >= 15 is 0 Å². The molecule has 0 aliphatic rings. The summed E-state index contributed by atoms with van der Waals surface area (Å²) in [6, 6.07) is 20.6. The average molecular weight is 481 g/mol. The Labute approximate surface area is 185 Å². The second kappa shape index (κ2) is 11.8. The van der Waals surface area contributed by atoms with Crippen LogP contribution in [0.3, 0.4) is 0 Å². The lowest BCUT2D eigenvalue weighted by atomic mass is 10.1. The predicted octanol–water partition coefficient (Wildman–Crippen LogP) is 5.93. The lowest BCUT2D eigenvalue weighted by Crippen LogP contribution is -2.17. The van der Waals surface area contributed by atoms with Crippen molar-refractivity contribution in [1.29, 1.82) is 0 Å². The Kier molecular flexibility index (Phi) is 9.45. The van der Waals surface area contributed by atoms with Gasteiger partial charge in [0.1, 0.15) is 23.9 Å². The summed E-state index contributed by atoms with van der Waals surface area (Å²) < 4.78 is 25.9. The average Bonchev–Trinajstić information content (AvgIpc) is 2.72. The highest BCUT2D eigenvalue weighted by atomic mass is 79.9. The molecule has 0 saturated heterocycles. The van der Waals surface area contributed by atoms with Crippen LogP contribution in [0.2, 0.25) is 0 Å². The molecule has 0 spiro atoms. The van der Waals surface area contributed by atoms with Crippen LogP contribution in [-0.2, 0) is 19.6 Å². The van der Waals surface area contributed by atoms with Gasteiger partial charge < -0.3 is 14.8 Å². The molecule has 3 nitrogen and oxygen atoms in total. The number of halogens is 3. The van der Waals surface area contributed by atoms with Crippen LogP contribution in [0.1, 0.15) is 16.7 Å². The molecule has 1 N–H and O–H groups in total. The molecule has 3 aromatic carbocycles. The van der Waals surface area contributed by atoms with E-state index in [0.717, 1.165) is 34.5 Å². The van der Waals surface area contributed by atoms with Gasteiger partial charge in [0, 0.05) is 22.1 Å². The minimum atomic E-state index is -0.251. The number of benzene rings is 3. The maximum Gasteiger partial charge on any atom is 0.129 e. The fourth-order valence-electron chi connectivity index (χ4n) is 2.85. The third-order valence-corrected chi connectivity index (χ3v) is 4.92. The van der Waals surface area contributed by atoms with Gasteiger partial charge in [0.05, 0.1) is 7.11 Å². The molecule has 0 bridgehead atoms. The Morgan fingerprint density at radius 1 is 0.966 bits per heavy atom. The summed E-state index contributed by atoms with van der Waals surface area (Å²) in [7, 11) is 1.67. The number of hydrogen-bond acceptors (Lipinski definition) is 3. The topological polar surface area (TPSA) is 30.5 Å². The van der Waals surface area contributed by atoms with Gasteiger partial charge in [-0.15, -0.1) is 12.4 Å². The van der Waals surface area contributed by atoms with Crippen molar-refractivity contribution in [3.05, 3.63) is 93.7 Å². The fourth-order valence-corrected chi connectivity index (χ4v) is 3.25. The smallest absolute Gasteiger partial charge is 0.129 e. The van der Waals surface area contributed by atoms with E-state index in [1.807, 2.05) is 36.4 Å². The monoisotopic (exact) mass is 479 g/mol. The van der Waals surface area contributed by atoms with Crippen LogP contribution < -0.4 is 14.8 Å². The molecular formula is C23H24BrClFNO2. The molecule has 0 unspecified atom stereocenters. The maximum absolute atomic E-state index is 13.8. The van der Waals surface area contributed by atoms with Crippen LogP contribution in [0, 0.1) is 5.82 Å². The molecule has 0 aromatic heterocycles. The summed E-state index contributed by atoms with van der Waals surface area (Å²) in [5, 5.41) is 3.45. The zero-order valence-electron chi connectivity index (χ0n) is 16.2. The zero-order valence-corrected chi connectivity index (χ0v) is 18.6. The van der Waals surface area contributed by atoms with Crippen molar-refractivity contribution >= 4 is 28.3 Å². The molecule has 0 amide bonds. The van der Waals surface area contributed by atoms with E-state index in [0.29, 0.717) is 12.1 Å². The maximum atomic E-state index is 13.8. The van der Waals surface area contributed by atoms with Crippen molar-refractivity contribution in [2.75, 3.05) is 13.7 Å². The van der Waals surface area contributed by atoms with Gasteiger partial charge in [-0.25, -0.2) is 4.39 Å². The van der Waals surface area contributed by atoms with E-state index in [2.05, 4.69) is 33.4 Å². The summed E-state index contributed by atoms with van der Waals surface area (Å²) in [6.45, 7) is 1.71. The molecule has 0 radical (unpaired) electrons. The van der Waals surface area contributed by atoms with Gasteiger partial charge in [0.2, 0.25) is 0 Å². The predicted molar refractivity (Wildman–Crippen MR) is 121 cm³/mol. The van der Waals surface area contributed by atoms with Gasteiger partial charge in [-0.3, -0.25) is 0 Å². The third kappa shape index (κ3) is 7.03. The standard InChI is InChI=1S/C23H23BrFNO2.ClH/c1-27-21-9-6-17(7-10-21)12-13-26-15-19-14-20(24)8-11-23(19)28-16-18-4-2-3-5-22(18)25;/h2-11,14,26H,12-13,15-16H2,1H3;1H. The van der Waals surface area contributed by atoms with Crippen LogP contribution in [0.4, 0.5) is 4.39 Å². The van der Waals surface area contributed by atoms with Crippen molar-refractivity contribution in [2.24, 2.45) is 0 Å². The highest BCUT2D eigenvalue weighted by Gasteiger charge is 2.07. The van der Waals surface area contributed by atoms with E-state index < -0.39 is 0 Å². The number of methoxy groups -OCH3 is 1. The summed E-state index contributed by atoms with van der Waals surface area (Å²) >= 11 is 3.51. The van der Waals surface area contributed by atoms with Crippen molar-refractivity contribution in [3.63, 3.8) is 0 Å². The molecule has 3 rings (SSSR count). The molecule has 0 fully saturated rings. The molecule has 6 heteroatoms. The van der Waals surface area contributed by atoms with Gasteiger partial charge in [-0.1, -0.05) is 46.3 Å². The summed E-state index contributed by atoms with van der Waals surface area (Å²) in [5.74, 6) is 1.37. The van der Waals surface area contributed by atoms with Crippen LogP contribution in [0.25, 0.3) is 0 Å². The van der Waals surface area contributed by atoms with E-state index in [9.17, 15) is 4.39 Å². The Morgan fingerprint density at radius 3 is 2.45 bits per heavy atom. The van der Waals surface area contributed by atoms with Gasteiger partial charge >= 0.3 is 0 Å². The summed E-state index contributed by atoms with van der Waals surface area (Å²) in [6.07, 6.45) is 0.920. The van der Waals surface area contributed by atoms with Crippen LogP contribution in [0.15, 0.2) is 71.2 Å². The number of ether oxygens (including phenoxy) is 2. The Bertz CT molecular complexity index is 906. The third-order valence-electron chi connectivity index (χ3n) is 4.43. The number of hydrogen-bond donors (Lipinski definition) is 1. The summed E-state index contributed by atoms with van der Waals surface area (Å²) in [5.41, 5.74) is 2.82. The quantitative estimate of drug-likeness (QED) is 0.385. The van der Waals surface area contributed by atoms with Gasteiger partial charge in [0.15, 0.2) is 0 Å². The largest absolute Gasteiger partial charge is 0.497 e.